The molecule has 160 valence electrons. The van der Waals surface area contributed by atoms with Gasteiger partial charge in [-0.3, -0.25) is 4.90 Å². The van der Waals surface area contributed by atoms with Crippen LogP contribution in [0.2, 0.25) is 0 Å². The average Bonchev–Trinajstić information content (AvgIpc) is 3.11. The summed E-state index contributed by atoms with van der Waals surface area (Å²) in [4.78, 5) is 15.1. The molecule has 1 aliphatic carbocycles. The van der Waals surface area contributed by atoms with E-state index in [2.05, 4.69) is 56.3 Å². The second kappa shape index (κ2) is 8.43. The molecule has 1 saturated heterocycles. The first-order valence-corrected chi connectivity index (χ1v) is 11.5. The SMILES string of the molecule is CCC(CC)(c1ccc(-c2ccccc2CN)cc1)N1CC2(CCCCC2)OC1=O. The fourth-order valence-corrected chi connectivity index (χ4v) is 5.54. The minimum atomic E-state index is -0.329. The van der Waals surface area contributed by atoms with Gasteiger partial charge in [-0.15, -0.1) is 0 Å². The van der Waals surface area contributed by atoms with E-state index in [0.717, 1.165) is 49.7 Å². The maximum atomic E-state index is 13.0. The first-order valence-electron chi connectivity index (χ1n) is 11.5. The molecule has 4 nitrogen and oxygen atoms in total. The molecule has 0 aromatic heterocycles. The Kier molecular flexibility index (Phi) is 5.88. The third-order valence-electron chi connectivity index (χ3n) is 7.39. The molecule has 4 heteroatoms. The number of rotatable bonds is 6. The largest absolute Gasteiger partial charge is 0.441 e. The second-order valence-electron chi connectivity index (χ2n) is 8.88. The van der Waals surface area contributed by atoms with Gasteiger partial charge < -0.3 is 10.5 Å². The Balaban J connectivity index is 1.66. The Morgan fingerprint density at radius 1 is 1.00 bits per heavy atom. The summed E-state index contributed by atoms with van der Waals surface area (Å²) in [6.07, 6.45) is 7.14. The monoisotopic (exact) mass is 406 g/mol. The van der Waals surface area contributed by atoms with Crippen LogP contribution in [0, 0.1) is 0 Å². The molecule has 1 aliphatic heterocycles. The minimum Gasteiger partial charge on any atom is -0.441 e. The lowest BCUT2D eigenvalue weighted by Crippen LogP contribution is -2.48. The summed E-state index contributed by atoms with van der Waals surface area (Å²) < 4.78 is 6.03. The summed E-state index contributed by atoms with van der Waals surface area (Å²) in [5.41, 5.74) is 10.00. The van der Waals surface area contributed by atoms with Crippen molar-refractivity contribution >= 4 is 6.09 Å². The molecule has 1 spiro atoms. The van der Waals surface area contributed by atoms with Crippen LogP contribution in [-0.2, 0) is 16.8 Å². The summed E-state index contributed by atoms with van der Waals surface area (Å²) in [6.45, 7) is 5.60. The van der Waals surface area contributed by atoms with E-state index >= 15 is 0 Å². The molecule has 1 amide bonds. The lowest BCUT2D eigenvalue weighted by molar-refractivity contribution is 0.0259. The summed E-state index contributed by atoms with van der Waals surface area (Å²) in [5.74, 6) is 0. The summed E-state index contributed by atoms with van der Waals surface area (Å²) >= 11 is 0. The molecule has 4 rings (SSSR count). The van der Waals surface area contributed by atoms with Crippen LogP contribution in [0.15, 0.2) is 48.5 Å². The van der Waals surface area contributed by atoms with Crippen LogP contribution >= 0.6 is 0 Å². The molecule has 0 radical (unpaired) electrons. The van der Waals surface area contributed by atoms with Crippen LogP contribution in [0.1, 0.15) is 69.9 Å². The fourth-order valence-electron chi connectivity index (χ4n) is 5.54. The lowest BCUT2D eigenvalue weighted by atomic mass is 9.80. The molecule has 2 aliphatic rings. The third kappa shape index (κ3) is 3.51. The van der Waals surface area contributed by atoms with E-state index in [0.29, 0.717) is 13.1 Å². The van der Waals surface area contributed by atoms with Gasteiger partial charge in [0.2, 0.25) is 0 Å². The van der Waals surface area contributed by atoms with Gasteiger partial charge in [0.05, 0.1) is 12.1 Å². The molecule has 2 N–H and O–H groups in total. The van der Waals surface area contributed by atoms with E-state index in [1.165, 1.54) is 17.5 Å². The van der Waals surface area contributed by atoms with Crippen LogP contribution in [0.5, 0.6) is 0 Å². The predicted molar refractivity (Wildman–Crippen MR) is 121 cm³/mol. The minimum absolute atomic E-state index is 0.141. The van der Waals surface area contributed by atoms with E-state index < -0.39 is 0 Å². The molecule has 0 atom stereocenters. The van der Waals surface area contributed by atoms with Gasteiger partial charge in [-0.2, -0.15) is 0 Å². The Labute approximate surface area is 180 Å². The van der Waals surface area contributed by atoms with Crippen molar-refractivity contribution in [2.75, 3.05) is 6.54 Å². The van der Waals surface area contributed by atoms with Crippen LogP contribution in [-0.4, -0.2) is 23.1 Å². The maximum Gasteiger partial charge on any atom is 0.411 e. The molecule has 30 heavy (non-hydrogen) atoms. The van der Waals surface area contributed by atoms with Gasteiger partial charge in [0.1, 0.15) is 5.60 Å². The first kappa shape index (κ1) is 20.9. The Bertz CT molecular complexity index is 880. The number of carbonyl (C=O) groups is 1. The number of hydrogen-bond acceptors (Lipinski definition) is 3. The van der Waals surface area contributed by atoms with E-state index in [1.807, 2.05) is 11.0 Å². The lowest BCUT2D eigenvalue weighted by Gasteiger charge is -2.41. The number of carbonyl (C=O) groups excluding carboxylic acids is 1. The van der Waals surface area contributed by atoms with Crippen molar-refractivity contribution in [3.05, 3.63) is 59.7 Å². The van der Waals surface area contributed by atoms with Crippen LogP contribution in [0.3, 0.4) is 0 Å². The first-order chi connectivity index (χ1) is 14.6. The van der Waals surface area contributed by atoms with Crippen molar-refractivity contribution in [3.63, 3.8) is 0 Å². The highest BCUT2D eigenvalue weighted by atomic mass is 16.6. The molecule has 2 aromatic rings. The zero-order valence-electron chi connectivity index (χ0n) is 18.3. The van der Waals surface area contributed by atoms with Crippen molar-refractivity contribution < 1.29 is 9.53 Å². The highest BCUT2D eigenvalue weighted by Gasteiger charge is 2.52. The average molecular weight is 407 g/mol. The van der Waals surface area contributed by atoms with Crippen molar-refractivity contribution in [1.82, 2.24) is 4.90 Å². The normalized spacial score (nSPS) is 18.6. The van der Waals surface area contributed by atoms with Gasteiger partial charge >= 0.3 is 6.09 Å². The molecule has 0 bridgehead atoms. The van der Waals surface area contributed by atoms with Crippen LogP contribution in [0.4, 0.5) is 4.79 Å². The van der Waals surface area contributed by atoms with Crippen molar-refractivity contribution in [1.29, 1.82) is 0 Å². The molecule has 2 aromatic carbocycles. The Morgan fingerprint density at radius 2 is 1.67 bits per heavy atom. The number of amides is 1. The van der Waals surface area contributed by atoms with Crippen molar-refractivity contribution in [2.45, 2.75) is 76.5 Å². The van der Waals surface area contributed by atoms with Gasteiger partial charge in [0.15, 0.2) is 0 Å². The van der Waals surface area contributed by atoms with E-state index in [-0.39, 0.29) is 17.2 Å². The molecule has 0 unspecified atom stereocenters. The number of ether oxygens (including phenoxy) is 1. The number of benzene rings is 2. The van der Waals surface area contributed by atoms with Crippen molar-refractivity contribution in [3.8, 4) is 11.1 Å². The highest BCUT2D eigenvalue weighted by molar-refractivity contribution is 5.73. The molecule has 2 fully saturated rings. The molecule has 1 saturated carbocycles. The molecular weight excluding hydrogens is 372 g/mol. The standard InChI is InChI=1S/C26H34N2O2/c1-3-26(4-2,28-19-25(30-24(28)29)16-8-5-9-17-25)22-14-12-20(13-15-22)23-11-7-6-10-21(23)18-27/h6-7,10-15H,3-5,8-9,16-19,27H2,1-2H3. The van der Waals surface area contributed by atoms with E-state index in [1.54, 1.807) is 0 Å². The molecule has 1 heterocycles. The van der Waals surface area contributed by atoms with E-state index in [4.69, 9.17) is 10.5 Å². The zero-order valence-corrected chi connectivity index (χ0v) is 18.3. The summed E-state index contributed by atoms with van der Waals surface area (Å²) in [6, 6.07) is 17.0. The second-order valence-corrected chi connectivity index (χ2v) is 8.88. The number of nitrogens with zero attached hydrogens (tertiary/aromatic N) is 1. The summed E-state index contributed by atoms with van der Waals surface area (Å²) in [7, 11) is 0. The number of hydrogen-bond donors (Lipinski definition) is 1. The fraction of sp³-hybridized carbons (Fsp3) is 0.500. The predicted octanol–water partition coefficient (Wildman–Crippen LogP) is 5.98. The quantitative estimate of drug-likeness (QED) is 0.642. The topological polar surface area (TPSA) is 55.6 Å². The van der Waals surface area contributed by atoms with Crippen molar-refractivity contribution in [2.24, 2.45) is 5.73 Å². The zero-order chi connectivity index (χ0) is 21.2. The third-order valence-corrected chi connectivity index (χ3v) is 7.39. The summed E-state index contributed by atoms with van der Waals surface area (Å²) in [5, 5.41) is 0. The van der Waals surface area contributed by atoms with Crippen LogP contribution in [0.25, 0.3) is 11.1 Å². The van der Waals surface area contributed by atoms with Gasteiger partial charge in [-0.25, -0.2) is 4.79 Å². The van der Waals surface area contributed by atoms with Gasteiger partial charge in [-0.1, -0.05) is 68.8 Å². The van der Waals surface area contributed by atoms with Gasteiger partial charge in [0.25, 0.3) is 0 Å². The maximum absolute atomic E-state index is 13.0. The van der Waals surface area contributed by atoms with Crippen LogP contribution < -0.4 is 5.73 Å². The number of nitrogens with two attached hydrogens (primary N) is 1. The van der Waals surface area contributed by atoms with E-state index in [9.17, 15) is 4.79 Å². The smallest absolute Gasteiger partial charge is 0.411 e. The Morgan fingerprint density at radius 3 is 2.30 bits per heavy atom. The van der Waals surface area contributed by atoms with Gasteiger partial charge in [0, 0.05) is 6.54 Å². The van der Waals surface area contributed by atoms with Gasteiger partial charge in [-0.05, 0) is 60.8 Å². The highest BCUT2D eigenvalue weighted by Crippen LogP contribution is 2.45. The molecular formula is C26H34N2O2. The Hall–Kier alpha value is -2.33.